The number of likely N-dealkylation sites (N-methyl/N-ethyl adjacent to an activating group) is 1. The molecule has 0 radical (unpaired) electrons. The molecule has 2 atom stereocenters. The molecule has 0 aliphatic carbocycles. The fourth-order valence-corrected chi connectivity index (χ4v) is 2.19. The fourth-order valence-electron chi connectivity index (χ4n) is 2.19. The second kappa shape index (κ2) is 6.93. The van der Waals surface area contributed by atoms with Gasteiger partial charge in [0.25, 0.3) is 0 Å². The summed E-state index contributed by atoms with van der Waals surface area (Å²) in [4.78, 5) is 16.4. The molecule has 0 aromatic heterocycles. The minimum atomic E-state index is -0.0262. The standard InChI is InChI=1S/C12H26N4O/c1-10(9-15(3)4)14-12(17)11(2)16-7-5-13-6-8-16/h10-11,13H,5-9H2,1-4H3,(H,14,17). The Balaban J connectivity index is 2.35. The van der Waals surface area contributed by atoms with Crippen LogP contribution in [-0.2, 0) is 4.79 Å². The molecule has 0 saturated carbocycles. The van der Waals surface area contributed by atoms with Crippen molar-refractivity contribution in [3.8, 4) is 0 Å². The first kappa shape index (κ1) is 14.4. The van der Waals surface area contributed by atoms with Gasteiger partial charge < -0.3 is 15.5 Å². The minimum absolute atomic E-state index is 0.0262. The Hall–Kier alpha value is -0.650. The third-order valence-electron chi connectivity index (χ3n) is 3.11. The first-order valence-electron chi connectivity index (χ1n) is 6.40. The average Bonchev–Trinajstić information content (AvgIpc) is 2.28. The number of hydrogen-bond acceptors (Lipinski definition) is 4. The van der Waals surface area contributed by atoms with Gasteiger partial charge in [-0.25, -0.2) is 0 Å². The van der Waals surface area contributed by atoms with E-state index in [0.717, 1.165) is 32.7 Å². The molecular formula is C12H26N4O. The highest BCUT2D eigenvalue weighted by molar-refractivity contribution is 5.81. The van der Waals surface area contributed by atoms with Crippen molar-refractivity contribution < 1.29 is 4.79 Å². The van der Waals surface area contributed by atoms with Crippen LogP contribution in [0.1, 0.15) is 13.8 Å². The van der Waals surface area contributed by atoms with Gasteiger partial charge in [0, 0.05) is 38.8 Å². The number of amides is 1. The maximum absolute atomic E-state index is 12.0. The summed E-state index contributed by atoms with van der Waals surface area (Å²) in [6, 6.07) is 0.171. The molecule has 0 aromatic rings. The molecule has 5 heteroatoms. The normalized spacial score (nSPS) is 21.2. The monoisotopic (exact) mass is 242 g/mol. The van der Waals surface area contributed by atoms with Crippen LogP contribution in [-0.4, -0.2) is 74.6 Å². The van der Waals surface area contributed by atoms with Gasteiger partial charge in [0.1, 0.15) is 0 Å². The number of nitrogens with zero attached hydrogens (tertiary/aromatic N) is 2. The molecular weight excluding hydrogens is 216 g/mol. The third-order valence-corrected chi connectivity index (χ3v) is 3.11. The van der Waals surface area contributed by atoms with Crippen LogP contribution in [0.5, 0.6) is 0 Å². The van der Waals surface area contributed by atoms with Gasteiger partial charge in [-0.2, -0.15) is 0 Å². The molecule has 2 unspecified atom stereocenters. The van der Waals surface area contributed by atoms with E-state index in [0.29, 0.717) is 0 Å². The topological polar surface area (TPSA) is 47.6 Å². The lowest BCUT2D eigenvalue weighted by Gasteiger charge is -2.32. The smallest absolute Gasteiger partial charge is 0.237 e. The average molecular weight is 242 g/mol. The Labute approximate surface area is 105 Å². The Morgan fingerprint density at radius 1 is 1.35 bits per heavy atom. The summed E-state index contributed by atoms with van der Waals surface area (Å²) in [7, 11) is 4.03. The zero-order chi connectivity index (χ0) is 12.8. The van der Waals surface area contributed by atoms with Crippen LogP contribution in [0.3, 0.4) is 0 Å². The molecule has 1 aliphatic rings. The molecule has 100 valence electrons. The van der Waals surface area contributed by atoms with E-state index in [-0.39, 0.29) is 18.0 Å². The molecule has 1 heterocycles. The zero-order valence-electron chi connectivity index (χ0n) is 11.5. The van der Waals surface area contributed by atoms with Crippen molar-refractivity contribution in [1.29, 1.82) is 0 Å². The van der Waals surface area contributed by atoms with Crippen LogP contribution in [0.4, 0.5) is 0 Å². The van der Waals surface area contributed by atoms with Crippen molar-refractivity contribution in [3.63, 3.8) is 0 Å². The molecule has 1 aliphatic heterocycles. The molecule has 1 rings (SSSR count). The second-order valence-electron chi connectivity index (χ2n) is 5.13. The van der Waals surface area contributed by atoms with Gasteiger partial charge in [-0.15, -0.1) is 0 Å². The first-order valence-corrected chi connectivity index (χ1v) is 6.40. The molecule has 1 saturated heterocycles. The maximum Gasteiger partial charge on any atom is 0.237 e. The van der Waals surface area contributed by atoms with Gasteiger partial charge in [0.2, 0.25) is 5.91 Å². The highest BCUT2D eigenvalue weighted by atomic mass is 16.2. The molecule has 2 N–H and O–H groups in total. The van der Waals surface area contributed by atoms with E-state index in [4.69, 9.17) is 0 Å². The van der Waals surface area contributed by atoms with Crippen molar-refractivity contribution in [2.75, 3.05) is 46.8 Å². The Bertz CT molecular complexity index is 239. The summed E-state index contributed by atoms with van der Waals surface area (Å²) in [5, 5.41) is 6.36. The summed E-state index contributed by atoms with van der Waals surface area (Å²) in [5.74, 6) is 0.140. The Kier molecular flexibility index (Phi) is 5.88. The van der Waals surface area contributed by atoms with E-state index < -0.39 is 0 Å². The number of carbonyl (C=O) groups excluding carboxylic acids is 1. The van der Waals surface area contributed by atoms with E-state index in [1.807, 2.05) is 27.9 Å². The summed E-state index contributed by atoms with van der Waals surface area (Å²) < 4.78 is 0. The van der Waals surface area contributed by atoms with Crippen LogP contribution in [0.15, 0.2) is 0 Å². The molecule has 5 nitrogen and oxygen atoms in total. The van der Waals surface area contributed by atoms with Crippen molar-refractivity contribution in [3.05, 3.63) is 0 Å². The van der Waals surface area contributed by atoms with E-state index in [9.17, 15) is 4.79 Å². The zero-order valence-corrected chi connectivity index (χ0v) is 11.5. The quantitative estimate of drug-likeness (QED) is 0.672. The van der Waals surface area contributed by atoms with Crippen LogP contribution in [0.2, 0.25) is 0 Å². The van der Waals surface area contributed by atoms with Gasteiger partial charge in [-0.05, 0) is 27.9 Å². The molecule has 1 fully saturated rings. The van der Waals surface area contributed by atoms with Gasteiger partial charge in [0.05, 0.1) is 6.04 Å². The number of hydrogen-bond donors (Lipinski definition) is 2. The van der Waals surface area contributed by atoms with E-state index in [1.165, 1.54) is 0 Å². The van der Waals surface area contributed by atoms with E-state index >= 15 is 0 Å². The molecule has 0 spiro atoms. The summed E-state index contributed by atoms with van der Waals surface area (Å²) in [6.45, 7) is 8.77. The highest BCUT2D eigenvalue weighted by Crippen LogP contribution is 2.01. The fraction of sp³-hybridized carbons (Fsp3) is 0.917. The summed E-state index contributed by atoms with van der Waals surface area (Å²) >= 11 is 0. The van der Waals surface area contributed by atoms with Gasteiger partial charge >= 0.3 is 0 Å². The largest absolute Gasteiger partial charge is 0.351 e. The summed E-state index contributed by atoms with van der Waals surface area (Å²) in [6.07, 6.45) is 0. The molecule has 0 aromatic carbocycles. The molecule has 0 bridgehead atoms. The van der Waals surface area contributed by atoms with Crippen LogP contribution in [0, 0.1) is 0 Å². The number of nitrogens with one attached hydrogen (secondary N) is 2. The van der Waals surface area contributed by atoms with E-state index in [2.05, 4.69) is 20.4 Å². The van der Waals surface area contributed by atoms with Crippen LogP contribution < -0.4 is 10.6 Å². The molecule has 1 amide bonds. The maximum atomic E-state index is 12.0. The summed E-state index contributed by atoms with van der Waals surface area (Å²) in [5.41, 5.74) is 0. The predicted molar refractivity (Wildman–Crippen MR) is 70.1 cm³/mol. The van der Waals surface area contributed by atoms with Crippen LogP contribution >= 0.6 is 0 Å². The lowest BCUT2D eigenvalue weighted by atomic mass is 10.2. The van der Waals surface area contributed by atoms with Gasteiger partial charge in [-0.3, -0.25) is 9.69 Å². The highest BCUT2D eigenvalue weighted by Gasteiger charge is 2.23. The minimum Gasteiger partial charge on any atom is -0.351 e. The predicted octanol–water partition coefficient (Wildman–Crippen LogP) is -0.654. The number of carbonyl (C=O) groups is 1. The lowest BCUT2D eigenvalue weighted by Crippen LogP contribution is -2.54. The van der Waals surface area contributed by atoms with E-state index in [1.54, 1.807) is 0 Å². The van der Waals surface area contributed by atoms with Gasteiger partial charge in [0.15, 0.2) is 0 Å². The second-order valence-corrected chi connectivity index (χ2v) is 5.13. The van der Waals surface area contributed by atoms with Crippen molar-refractivity contribution >= 4 is 5.91 Å². The number of piperazine rings is 1. The first-order chi connectivity index (χ1) is 8.00. The molecule has 17 heavy (non-hydrogen) atoms. The van der Waals surface area contributed by atoms with Crippen LogP contribution in [0.25, 0.3) is 0 Å². The lowest BCUT2D eigenvalue weighted by molar-refractivity contribution is -0.126. The van der Waals surface area contributed by atoms with Crippen molar-refractivity contribution in [2.45, 2.75) is 25.9 Å². The van der Waals surface area contributed by atoms with Crippen molar-refractivity contribution in [2.24, 2.45) is 0 Å². The Morgan fingerprint density at radius 3 is 2.47 bits per heavy atom. The van der Waals surface area contributed by atoms with Gasteiger partial charge in [-0.1, -0.05) is 0 Å². The SMILES string of the molecule is CC(CN(C)C)NC(=O)C(C)N1CCNCC1. The Morgan fingerprint density at radius 2 is 1.94 bits per heavy atom. The third kappa shape index (κ3) is 5.02. The van der Waals surface area contributed by atoms with Crippen molar-refractivity contribution in [1.82, 2.24) is 20.4 Å². The number of rotatable bonds is 5.